The molecule has 1 aromatic carbocycles. The Morgan fingerprint density at radius 2 is 2.05 bits per heavy atom. The van der Waals surface area contributed by atoms with E-state index in [1.807, 2.05) is 30.3 Å². The summed E-state index contributed by atoms with van der Waals surface area (Å²) in [5, 5.41) is 12.7. The van der Waals surface area contributed by atoms with Gasteiger partial charge in [-0.15, -0.1) is 12.4 Å². The Labute approximate surface area is 126 Å². The van der Waals surface area contributed by atoms with E-state index in [2.05, 4.69) is 5.32 Å². The maximum Gasteiger partial charge on any atom is 0.220 e. The third-order valence-corrected chi connectivity index (χ3v) is 3.84. The van der Waals surface area contributed by atoms with Crippen molar-refractivity contribution in [3.8, 4) is 0 Å². The van der Waals surface area contributed by atoms with Gasteiger partial charge in [-0.25, -0.2) is 0 Å². The molecule has 0 bridgehead atoms. The average Bonchev–Trinajstić information content (AvgIpc) is 2.82. The summed E-state index contributed by atoms with van der Waals surface area (Å²) in [6, 6.07) is 9.50. The van der Waals surface area contributed by atoms with E-state index in [4.69, 9.17) is 5.73 Å². The normalized spacial score (nSPS) is 22.9. The van der Waals surface area contributed by atoms with Crippen LogP contribution in [0.3, 0.4) is 0 Å². The maximum absolute atomic E-state index is 11.8. The van der Waals surface area contributed by atoms with Crippen LogP contribution >= 0.6 is 12.4 Å². The van der Waals surface area contributed by atoms with Gasteiger partial charge in [0, 0.05) is 19.0 Å². The quantitative estimate of drug-likeness (QED) is 0.775. The van der Waals surface area contributed by atoms with Crippen LogP contribution in [0.5, 0.6) is 0 Å². The molecule has 1 amide bonds. The highest BCUT2D eigenvalue weighted by Gasteiger charge is 2.26. The summed E-state index contributed by atoms with van der Waals surface area (Å²) in [6.07, 6.45) is 3.00. The van der Waals surface area contributed by atoms with Crippen molar-refractivity contribution < 1.29 is 9.90 Å². The molecule has 4 nitrogen and oxygen atoms in total. The van der Waals surface area contributed by atoms with Crippen LogP contribution in [0, 0.1) is 5.92 Å². The van der Waals surface area contributed by atoms with E-state index in [0.29, 0.717) is 12.3 Å². The highest BCUT2D eigenvalue weighted by Crippen LogP contribution is 2.26. The van der Waals surface area contributed by atoms with Gasteiger partial charge in [0.15, 0.2) is 0 Å². The van der Waals surface area contributed by atoms with E-state index in [0.717, 1.165) is 24.8 Å². The van der Waals surface area contributed by atoms with Crippen molar-refractivity contribution in [2.75, 3.05) is 6.54 Å². The number of aliphatic hydroxyl groups excluding tert-OH is 1. The third kappa shape index (κ3) is 4.78. The lowest BCUT2D eigenvalue weighted by molar-refractivity contribution is -0.122. The van der Waals surface area contributed by atoms with Crippen molar-refractivity contribution in [1.29, 1.82) is 0 Å². The SMILES string of the molecule is Cl.N[C@@H]1CCC[C@H]1CC(=O)NCC(O)c1ccccc1. The molecule has 4 N–H and O–H groups in total. The molecule has 1 aliphatic carbocycles. The van der Waals surface area contributed by atoms with Gasteiger partial charge in [0.25, 0.3) is 0 Å². The molecule has 0 aromatic heterocycles. The Kier molecular flexibility index (Phi) is 6.99. The Morgan fingerprint density at radius 3 is 2.65 bits per heavy atom. The molecule has 3 atom stereocenters. The zero-order valence-corrected chi connectivity index (χ0v) is 12.3. The van der Waals surface area contributed by atoms with Crippen LogP contribution in [-0.2, 0) is 4.79 Å². The smallest absolute Gasteiger partial charge is 0.220 e. The summed E-state index contributed by atoms with van der Waals surface area (Å²) < 4.78 is 0. The summed E-state index contributed by atoms with van der Waals surface area (Å²) in [6.45, 7) is 0.255. The molecular weight excluding hydrogens is 276 g/mol. The first-order chi connectivity index (χ1) is 9.16. The van der Waals surface area contributed by atoms with Crippen molar-refractivity contribution in [2.24, 2.45) is 11.7 Å². The van der Waals surface area contributed by atoms with E-state index >= 15 is 0 Å². The monoisotopic (exact) mass is 298 g/mol. The highest BCUT2D eigenvalue weighted by molar-refractivity contribution is 5.85. The van der Waals surface area contributed by atoms with Gasteiger partial charge >= 0.3 is 0 Å². The van der Waals surface area contributed by atoms with Crippen molar-refractivity contribution in [3.63, 3.8) is 0 Å². The molecule has 1 fully saturated rings. The standard InChI is InChI=1S/C15H22N2O2.ClH/c16-13-8-4-7-12(13)9-15(19)17-10-14(18)11-5-2-1-3-6-11;/h1-3,5-6,12-14,18H,4,7-10,16H2,(H,17,19);1H/t12-,13+,14?;/m0./s1. The molecule has 0 spiro atoms. The van der Waals surface area contributed by atoms with Gasteiger partial charge in [-0.05, 0) is 24.3 Å². The largest absolute Gasteiger partial charge is 0.387 e. The van der Waals surface area contributed by atoms with Crippen molar-refractivity contribution >= 4 is 18.3 Å². The van der Waals surface area contributed by atoms with Crippen LogP contribution in [0.15, 0.2) is 30.3 Å². The van der Waals surface area contributed by atoms with Crippen LogP contribution in [0.4, 0.5) is 0 Å². The summed E-state index contributed by atoms with van der Waals surface area (Å²) in [7, 11) is 0. The number of benzene rings is 1. The van der Waals surface area contributed by atoms with E-state index < -0.39 is 6.10 Å². The first-order valence-corrected chi connectivity index (χ1v) is 6.92. The Balaban J connectivity index is 0.00000200. The predicted molar refractivity (Wildman–Crippen MR) is 81.6 cm³/mol. The molecule has 5 heteroatoms. The Bertz CT molecular complexity index is 414. The number of hydrogen-bond acceptors (Lipinski definition) is 3. The highest BCUT2D eigenvalue weighted by atomic mass is 35.5. The summed E-state index contributed by atoms with van der Waals surface area (Å²) in [4.78, 5) is 11.8. The lowest BCUT2D eigenvalue weighted by atomic mass is 10.00. The number of nitrogens with one attached hydrogen (secondary N) is 1. The second-order valence-corrected chi connectivity index (χ2v) is 5.29. The minimum absolute atomic E-state index is 0. The number of aliphatic hydroxyl groups is 1. The first kappa shape index (κ1) is 17.0. The van der Waals surface area contributed by atoms with E-state index in [9.17, 15) is 9.90 Å². The van der Waals surface area contributed by atoms with Crippen LogP contribution in [-0.4, -0.2) is 23.6 Å². The molecule has 112 valence electrons. The Hall–Kier alpha value is -1.10. The van der Waals surface area contributed by atoms with Gasteiger partial charge in [0.2, 0.25) is 5.91 Å². The number of hydrogen-bond donors (Lipinski definition) is 3. The maximum atomic E-state index is 11.8. The van der Waals surface area contributed by atoms with Crippen LogP contribution in [0.1, 0.15) is 37.4 Å². The van der Waals surface area contributed by atoms with Gasteiger partial charge in [-0.3, -0.25) is 4.79 Å². The average molecular weight is 299 g/mol. The summed E-state index contributed by atoms with van der Waals surface area (Å²) in [5.41, 5.74) is 6.76. The van der Waals surface area contributed by atoms with E-state index in [1.165, 1.54) is 0 Å². The Morgan fingerprint density at radius 1 is 1.35 bits per heavy atom. The van der Waals surface area contributed by atoms with Gasteiger partial charge in [-0.2, -0.15) is 0 Å². The number of carbonyl (C=O) groups excluding carboxylic acids is 1. The van der Waals surface area contributed by atoms with Crippen LogP contribution in [0.25, 0.3) is 0 Å². The molecule has 1 aliphatic rings. The fourth-order valence-electron chi connectivity index (χ4n) is 2.63. The molecule has 1 unspecified atom stereocenters. The number of halogens is 1. The first-order valence-electron chi connectivity index (χ1n) is 6.92. The third-order valence-electron chi connectivity index (χ3n) is 3.84. The summed E-state index contributed by atoms with van der Waals surface area (Å²) in [5.74, 6) is 0.284. The number of amides is 1. The van der Waals surface area contributed by atoms with Crippen LogP contribution in [0.2, 0.25) is 0 Å². The van der Waals surface area contributed by atoms with Crippen molar-refractivity contribution in [3.05, 3.63) is 35.9 Å². The van der Waals surface area contributed by atoms with Gasteiger partial charge in [0.05, 0.1) is 6.10 Å². The lowest BCUT2D eigenvalue weighted by Crippen LogP contribution is -2.33. The molecule has 0 aliphatic heterocycles. The predicted octanol–water partition coefficient (Wildman–Crippen LogP) is 1.78. The minimum Gasteiger partial charge on any atom is -0.387 e. The molecule has 0 saturated heterocycles. The molecule has 2 rings (SSSR count). The fraction of sp³-hybridized carbons (Fsp3) is 0.533. The van der Waals surface area contributed by atoms with Gasteiger partial charge < -0.3 is 16.2 Å². The molecule has 1 aromatic rings. The second-order valence-electron chi connectivity index (χ2n) is 5.29. The van der Waals surface area contributed by atoms with Gasteiger partial charge in [0.1, 0.15) is 0 Å². The van der Waals surface area contributed by atoms with Crippen molar-refractivity contribution in [1.82, 2.24) is 5.32 Å². The van der Waals surface area contributed by atoms with Crippen LogP contribution < -0.4 is 11.1 Å². The van der Waals surface area contributed by atoms with Crippen molar-refractivity contribution in [2.45, 2.75) is 37.8 Å². The zero-order valence-electron chi connectivity index (χ0n) is 11.5. The topological polar surface area (TPSA) is 75.4 Å². The summed E-state index contributed by atoms with van der Waals surface area (Å²) >= 11 is 0. The minimum atomic E-state index is -0.651. The molecule has 20 heavy (non-hydrogen) atoms. The second kappa shape index (κ2) is 8.25. The molecule has 0 heterocycles. The molecule has 1 saturated carbocycles. The lowest BCUT2D eigenvalue weighted by Gasteiger charge is -2.16. The number of rotatable bonds is 5. The number of carbonyl (C=O) groups is 1. The number of nitrogens with two attached hydrogens (primary N) is 1. The van der Waals surface area contributed by atoms with E-state index in [1.54, 1.807) is 0 Å². The van der Waals surface area contributed by atoms with Gasteiger partial charge in [-0.1, -0.05) is 36.8 Å². The molecular formula is C15H23ClN2O2. The van der Waals surface area contributed by atoms with E-state index in [-0.39, 0.29) is 30.9 Å². The zero-order chi connectivity index (χ0) is 13.7. The fourth-order valence-corrected chi connectivity index (χ4v) is 2.63. The molecule has 0 radical (unpaired) electrons.